The third kappa shape index (κ3) is 2.23. The lowest BCUT2D eigenvalue weighted by Crippen LogP contribution is -2.07. The summed E-state index contributed by atoms with van der Waals surface area (Å²) in [5, 5.41) is 3.15. The predicted molar refractivity (Wildman–Crippen MR) is 84.1 cm³/mol. The maximum atomic E-state index is 13.6. The van der Waals surface area contributed by atoms with Gasteiger partial charge in [0.2, 0.25) is 5.71 Å². The van der Waals surface area contributed by atoms with Gasteiger partial charge in [-0.1, -0.05) is 33.2 Å². The van der Waals surface area contributed by atoms with Crippen molar-refractivity contribution in [2.45, 2.75) is 6.18 Å². The number of anilines is 1. The molecule has 0 fully saturated rings. The molecule has 4 aromatic rings. The molecule has 0 saturated carbocycles. The number of fused-ring (bicyclic) bond motifs is 3. The van der Waals surface area contributed by atoms with E-state index in [0.717, 1.165) is 10.5 Å². The molecule has 0 spiro atoms. The van der Waals surface area contributed by atoms with Crippen LogP contribution in [-0.2, 0) is 6.18 Å². The van der Waals surface area contributed by atoms with Crippen LogP contribution in [0.1, 0.15) is 5.56 Å². The van der Waals surface area contributed by atoms with E-state index in [2.05, 4.69) is 26.1 Å². The number of nitrogens with two attached hydrogens (primary N) is 1. The quantitative estimate of drug-likeness (QED) is 0.488. The largest absolute Gasteiger partial charge is 0.417 e. The standard InChI is InChI=1S/C15H7BrF3N3O2/c16-7-3-1-6(2-4-7)9-5-8(15(17,18)19)10-11-12(20)22-24-14(11)23-13(10)21-9/h1-5H,(H2,20,22). The summed E-state index contributed by atoms with van der Waals surface area (Å²) in [6.07, 6.45) is -4.62. The van der Waals surface area contributed by atoms with Crippen LogP contribution < -0.4 is 5.73 Å². The van der Waals surface area contributed by atoms with Crippen molar-refractivity contribution in [3.05, 3.63) is 40.4 Å². The summed E-state index contributed by atoms with van der Waals surface area (Å²) in [7, 11) is 0. The van der Waals surface area contributed by atoms with Crippen molar-refractivity contribution in [1.82, 2.24) is 10.1 Å². The molecule has 24 heavy (non-hydrogen) atoms. The molecule has 0 bridgehead atoms. The van der Waals surface area contributed by atoms with Gasteiger partial charge in [0.05, 0.1) is 16.6 Å². The number of nitrogen functional groups attached to an aromatic ring is 1. The number of hydrogen-bond acceptors (Lipinski definition) is 5. The van der Waals surface area contributed by atoms with Crippen molar-refractivity contribution >= 4 is 44.0 Å². The number of pyridine rings is 1. The molecule has 1 aromatic carbocycles. The molecule has 3 aromatic heterocycles. The van der Waals surface area contributed by atoms with Gasteiger partial charge in [-0.3, -0.25) is 0 Å². The van der Waals surface area contributed by atoms with Crippen LogP contribution in [0.2, 0.25) is 0 Å². The van der Waals surface area contributed by atoms with Crippen LogP contribution >= 0.6 is 15.9 Å². The molecule has 0 atom stereocenters. The molecule has 122 valence electrons. The van der Waals surface area contributed by atoms with Crippen molar-refractivity contribution in [2.24, 2.45) is 0 Å². The van der Waals surface area contributed by atoms with Crippen LogP contribution in [0.15, 0.2) is 43.7 Å². The van der Waals surface area contributed by atoms with Crippen LogP contribution in [0.5, 0.6) is 0 Å². The SMILES string of the molecule is Nc1noc2oc3nc(-c4ccc(Br)cc4)cc(C(F)(F)F)c3c12. The Labute approximate surface area is 140 Å². The summed E-state index contributed by atoms with van der Waals surface area (Å²) in [5.41, 5.74) is 5.14. The Kier molecular flexibility index (Phi) is 3.11. The van der Waals surface area contributed by atoms with E-state index in [-0.39, 0.29) is 33.8 Å². The third-order valence-corrected chi connectivity index (χ3v) is 4.09. The Balaban J connectivity index is 2.08. The van der Waals surface area contributed by atoms with Gasteiger partial charge in [0.15, 0.2) is 5.82 Å². The van der Waals surface area contributed by atoms with Gasteiger partial charge in [-0.2, -0.15) is 13.2 Å². The molecule has 0 radical (unpaired) electrons. The molecule has 4 rings (SSSR count). The number of aromatic nitrogens is 2. The average molecular weight is 398 g/mol. The van der Waals surface area contributed by atoms with Crippen LogP contribution in [0, 0.1) is 0 Å². The first kappa shape index (κ1) is 15.0. The van der Waals surface area contributed by atoms with Crippen LogP contribution in [0.3, 0.4) is 0 Å². The zero-order chi connectivity index (χ0) is 17.1. The van der Waals surface area contributed by atoms with Crippen molar-refractivity contribution in [3.8, 4) is 11.3 Å². The van der Waals surface area contributed by atoms with Gasteiger partial charge in [0, 0.05) is 10.0 Å². The Bertz CT molecular complexity index is 1070. The fourth-order valence-electron chi connectivity index (χ4n) is 2.50. The van der Waals surface area contributed by atoms with Crippen LogP contribution in [0.4, 0.5) is 19.0 Å². The molecule has 0 unspecified atom stereocenters. The predicted octanol–water partition coefficient (Wildman–Crippen LogP) is 5.00. The monoisotopic (exact) mass is 397 g/mol. The minimum absolute atomic E-state index is 0.0211. The topological polar surface area (TPSA) is 78.1 Å². The Morgan fingerprint density at radius 1 is 1.08 bits per heavy atom. The summed E-state index contributed by atoms with van der Waals surface area (Å²) in [6.45, 7) is 0. The van der Waals surface area contributed by atoms with E-state index in [1.54, 1.807) is 24.3 Å². The smallest absolute Gasteiger partial charge is 0.404 e. The molecule has 0 amide bonds. The van der Waals surface area contributed by atoms with Gasteiger partial charge >= 0.3 is 12.0 Å². The molecule has 0 aliphatic heterocycles. The van der Waals surface area contributed by atoms with E-state index in [9.17, 15) is 13.2 Å². The third-order valence-electron chi connectivity index (χ3n) is 3.56. The molecule has 2 N–H and O–H groups in total. The number of benzene rings is 1. The van der Waals surface area contributed by atoms with Gasteiger partial charge in [-0.15, -0.1) is 0 Å². The highest BCUT2D eigenvalue weighted by Crippen LogP contribution is 2.42. The highest BCUT2D eigenvalue weighted by molar-refractivity contribution is 9.10. The highest BCUT2D eigenvalue weighted by Gasteiger charge is 2.36. The highest BCUT2D eigenvalue weighted by atomic mass is 79.9. The van der Waals surface area contributed by atoms with Gasteiger partial charge in [0.25, 0.3) is 0 Å². The van der Waals surface area contributed by atoms with Crippen molar-refractivity contribution in [1.29, 1.82) is 0 Å². The van der Waals surface area contributed by atoms with E-state index >= 15 is 0 Å². The molecule has 9 heteroatoms. The summed E-state index contributed by atoms with van der Waals surface area (Å²) in [6, 6.07) is 7.70. The van der Waals surface area contributed by atoms with E-state index in [1.807, 2.05) is 0 Å². The number of hydrogen-bond donors (Lipinski definition) is 1. The van der Waals surface area contributed by atoms with Crippen LogP contribution in [0.25, 0.3) is 33.5 Å². The second kappa shape index (κ2) is 4.97. The first-order valence-electron chi connectivity index (χ1n) is 6.66. The molecular weight excluding hydrogens is 391 g/mol. The lowest BCUT2D eigenvalue weighted by atomic mass is 10.1. The first-order chi connectivity index (χ1) is 11.3. The fraction of sp³-hybridized carbons (Fsp3) is 0.0667. The number of rotatable bonds is 1. The summed E-state index contributed by atoms with van der Waals surface area (Å²) in [4.78, 5) is 4.17. The van der Waals surface area contributed by atoms with E-state index in [4.69, 9.17) is 14.7 Å². The first-order valence-corrected chi connectivity index (χ1v) is 7.45. The summed E-state index contributed by atoms with van der Waals surface area (Å²) < 4.78 is 51.5. The lowest BCUT2D eigenvalue weighted by Gasteiger charge is -2.10. The van der Waals surface area contributed by atoms with Gasteiger partial charge < -0.3 is 14.7 Å². The van der Waals surface area contributed by atoms with Crippen molar-refractivity contribution in [3.63, 3.8) is 0 Å². The molecule has 0 saturated heterocycles. The van der Waals surface area contributed by atoms with E-state index < -0.39 is 11.7 Å². The fourth-order valence-corrected chi connectivity index (χ4v) is 2.77. The van der Waals surface area contributed by atoms with Gasteiger partial charge in [-0.05, 0) is 18.2 Å². The number of furan rings is 1. The van der Waals surface area contributed by atoms with Gasteiger partial charge in [-0.25, -0.2) is 4.98 Å². The number of nitrogens with zero attached hydrogens (tertiary/aromatic N) is 2. The number of halogens is 4. The molecular formula is C15H7BrF3N3O2. The Morgan fingerprint density at radius 2 is 1.79 bits per heavy atom. The zero-order valence-corrected chi connectivity index (χ0v) is 13.3. The molecule has 5 nitrogen and oxygen atoms in total. The average Bonchev–Trinajstić information content (AvgIpc) is 3.05. The normalized spacial score (nSPS) is 12.3. The summed E-state index contributed by atoms with van der Waals surface area (Å²) in [5.74, 6) is -0.360. The van der Waals surface area contributed by atoms with Crippen molar-refractivity contribution in [2.75, 3.05) is 5.73 Å². The van der Waals surface area contributed by atoms with Gasteiger partial charge in [0.1, 0.15) is 5.39 Å². The number of alkyl halides is 3. The molecule has 0 aliphatic rings. The second-order valence-corrected chi connectivity index (χ2v) is 5.99. The zero-order valence-electron chi connectivity index (χ0n) is 11.7. The minimum Gasteiger partial charge on any atom is -0.404 e. The maximum Gasteiger partial charge on any atom is 0.417 e. The second-order valence-electron chi connectivity index (χ2n) is 5.07. The summed E-state index contributed by atoms with van der Waals surface area (Å²) >= 11 is 3.28. The molecule has 0 aliphatic carbocycles. The maximum absolute atomic E-state index is 13.6. The van der Waals surface area contributed by atoms with E-state index in [1.165, 1.54) is 0 Å². The minimum atomic E-state index is -4.62. The van der Waals surface area contributed by atoms with Crippen LogP contribution in [-0.4, -0.2) is 10.1 Å². The lowest BCUT2D eigenvalue weighted by molar-refractivity contribution is -0.136. The van der Waals surface area contributed by atoms with E-state index in [0.29, 0.717) is 5.56 Å². The van der Waals surface area contributed by atoms with Crippen molar-refractivity contribution < 1.29 is 22.1 Å². The Morgan fingerprint density at radius 3 is 2.46 bits per heavy atom. The molecule has 3 heterocycles. The Hall–Kier alpha value is -2.55.